The molecular formula is C24H21Cl3N4O4S. The predicted molar refractivity (Wildman–Crippen MR) is 145 cm³/mol. The molecule has 0 saturated heterocycles. The van der Waals surface area contributed by atoms with E-state index in [1.54, 1.807) is 55.5 Å². The molecule has 0 bridgehead atoms. The fourth-order valence-electron chi connectivity index (χ4n) is 3.11. The average molecular weight is 568 g/mol. The van der Waals surface area contributed by atoms with Crippen molar-refractivity contribution in [3.8, 4) is 0 Å². The Kier molecular flexibility index (Phi) is 8.97. The van der Waals surface area contributed by atoms with Gasteiger partial charge in [-0.25, -0.2) is 13.8 Å². The summed E-state index contributed by atoms with van der Waals surface area (Å²) in [4.78, 5) is 25.0. The monoisotopic (exact) mass is 566 g/mol. The number of halogens is 3. The molecule has 0 unspecified atom stereocenters. The van der Waals surface area contributed by atoms with Crippen LogP contribution in [-0.4, -0.2) is 38.7 Å². The molecule has 0 radical (unpaired) electrons. The highest BCUT2D eigenvalue weighted by Gasteiger charge is 2.21. The van der Waals surface area contributed by atoms with Crippen LogP contribution in [0.5, 0.6) is 0 Å². The number of carbonyl (C=O) groups is 2. The van der Waals surface area contributed by atoms with Gasteiger partial charge in [0.1, 0.15) is 6.54 Å². The van der Waals surface area contributed by atoms with Crippen molar-refractivity contribution in [3.05, 3.63) is 92.9 Å². The minimum atomic E-state index is -3.82. The molecule has 3 aromatic rings. The van der Waals surface area contributed by atoms with Gasteiger partial charge in [-0.1, -0.05) is 53.0 Å². The van der Waals surface area contributed by atoms with Gasteiger partial charge in [-0.05, 0) is 61.0 Å². The number of rotatable bonds is 8. The van der Waals surface area contributed by atoms with E-state index in [0.717, 1.165) is 10.6 Å². The van der Waals surface area contributed by atoms with Crippen LogP contribution in [-0.2, 0) is 14.8 Å². The van der Waals surface area contributed by atoms with Crippen LogP contribution in [0.1, 0.15) is 22.8 Å². The van der Waals surface area contributed by atoms with E-state index in [4.69, 9.17) is 34.8 Å². The first-order valence-electron chi connectivity index (χ1n) is 10.4. The summed E-state index contributed by atoms with van der Waals surface area (Å²) < 4.78 is 25.4. The second-order valence-electron chi connectivity index (χ2n) is 7.67. The van der Waals surface area contributed by atoms with E-state index in [9.17, 15) is 18.0 Å². The average Bonchev–Trinajstić information content (AvgIpc) is 2.79. The SMILES string of the molecule is C/C(=N/NC(=O)CN(c1cc(Cl)cc(Cl)c1)S(C)(=O)=O)c1cccc(NC(=O)c2cccc(Cl)c2)c1. The van der Waals surface area contributed by atoms with E-state index in [1.165, 1.54) is 18.2 Å². The molecule has 8 nitrogen and oxygen atoms in total. The van der Waals surface area contributed by atoms with Crippen LogP contribution >= 0.6 is 34.8 Å². The van der Waals surface area contributed by atoms with Crippen molar-refractivity contribution in [2.45, 2.75) is 6.92 Å². The zero-order valence-electron chi connectivity index (χ0n) is 19.1. The number of nitrogens with one attached hydrogen (secondary N) is 2. The third-order valence-corrected chi connectivity index (χ3v) is 6.61. The van der Waals surface area contributed by atoms with Gasteiger partial charge in [0, 0.05) is 26.3 Å². The maximum absolute atomic E-state index is 12.5. The molecule has 0 fully saturated rings. The largest absolute Gasteiger partial charge is 0.322 e. The second-order valence-corrected chi connectivity index (χ2v) is 10.9. The molecule has 2 amide bonds. The Hall–Kier alpha value is -3.11. The normalized spacial score (nSPS) is 11.6. The van der Waals surface area contributed by atoms with E-state index in [2.05, 4.69) is 15.8 Å². The fourth-order valence-corrected chi connectivity index (χ4v) is 4.66. The summed E-state index contributed by atoms with van der Waals surface area (Å²) in [5, 5.41) is 7.74. The summed E-state index contributed by atoms with van der Waals surface area (Å²) in [5.41, 5.74) is 4.47. The molecular weight excluding hydrogens is 547 g/mol. The van der Waals surface area contributed by atoms with Gasteiger partial charge in [0.25, 0.3) is 11.8 Å². The Bertz CT molecular complexity index is 1420. The van der Waals surface area contributed by atoms with Crippen molar-refractivity contribution >= 4 is 73.7 Å². The number of sulfonamides is 1. The van der Waals surface area contributed by atoms with Crippen molar-refractivity contribution in [1.29, 1.82) is 0 Å². The van der Waals surface area contributed by atoms with E-state index >= 15 is 0 Å². The van der Waals surface area contributed by atoms with Gasteiger partial charge < -0.3 is 5.32 Å². The molecule has 0 heterocycles. The van der Waals surface area contributed by atoms with Crippen LogP contribution < -0.4 is 15.0 Å². The van der Waals surface area contributed by atoms with Crippen molar-refractivity contribution in [1.82, 2.24) is 5.43 Å². The van der Waals surface area contributed by atoms with Crippen molar-refractivity contribution in [2.24, 2.45) is 5.10 Å². The van der Waals surface area contributed by atoms with Gasteiger partial charge in [-0.15, -0.1) is 0 Å². The summed E-state index contributed by atoms with van der Waals surface area (Å²) >= 11 is 17.9. The van der Waals surface area contributed by atoms with Gasteiger partial charge in [-0.2, -0.15) is 5.10 Å². The van der Waals surface area contributed by atoms with Crippen LogP contribution in [0.2, 0.25) is 15.1 Å². The topological polar surface area (TPSA) is 108 Å². The summed E-state index contributed by atoms with van der Waals surface area (Å²) in [7, 11) is -3.82. The Morgan fingerprint density at radius 3 is 2.17 bits per heavy atom. The third kappa shape index (κ3) is 7.69. The highest BCUT2D eigenvalue weighted by molar-refractivity contribution is 7.92. The molecule has 0 aliphatic rings. The van der Waals surface area contributed by atoms with Crippen molar-refractivity contribution < 1.29 is 18.0 Å². The molecule has 12 heteroatoms. The molecule has 188 valence electrons. The highest BCUT2D eigenvalue weighted by atomic mass is 35.5. The minimum Gasteiger partial charge on any atom is -0.322 e. The lowest BCUT2D eigenvalue weighted by Crippen LogP contribution is -2.39. The second kappa shape index (κ2) is 11.7. The molecule has 0 spiro atoms. The minimum absolute atomic E-state index is 0.147. The van der Waals surface area contributed by atoms with Gasteiger partial charge in [-0.3, -0.25) is 13.9 Å². The number of nitrogens with zero attached hydrogens (tertiary/aromatic N) is 2. The van der Waals surface area contributed by atoms with Gasteiger partial charge in [0.2, 0.25) is 10.0 Å². The number of anilines is 2. The molecule has 0 saturated carbocycles. The summed E-state index contributed by atoms with van der Waals surface area (Å²) in [5.74, 6) is -1.01. The van der Waals surface area contributed by atoms with Crippen LogP contribution in [0.25, 0.3) is 0 Å². The lowest BCUT2D eigenvalue weighted by molar-refractivity contribution is -0.119. The summed E-state index contributed by atoms with van der Waals surface area (Å²) in [6, 6.07) is 17.6. The molecule has 36 heavy (non-hydrogen) atoms. The lowest BCUT2D eigenvalue weighted by Gasteiger charge is -2.21. The summed E-state index contributed by atoms with van der Waals surface area (Å²) in [6.07, 6.45) is 0.965. The molecule has 2 N–H and O–H groups in total. The maximum Gasteiger partial charge on any atom is 0.260 e. The Morgan fingerprint density at radius 1 is 0.889 bits per heavy atom. The highest BCUT2D eigenvalue weighted by Crippen LogP contribution is 2.27. The summed E-state index contributed by atoms with van der Waals surface area (Å²) in [6.45, 7) is 1.12. The Labute approximate surface area is 223 Å². The molecule has 0 atom stereocenters. The van der Waals surface area contributed by atoms with Crippen LogP contribution in [0, 0.1) is 0 Å². The molecule has 3 aromatic carbocycles. The van der Waals surface area contributed by atoms with E-state index < -0.39 is 22.5 Å². The van der Waals surface area contributed by atoms with E-state index in [-0.39, 0.29) is 21.6 Å². The first kappa shape index (κ1) is 27.5. The quantitative estimate of drug-likeness (QED) is 0.288. The Morgan fingerprint density at radius 2 is 1.53 bits per heavy atom. The van der Waals surface area contributed by atoms with Gasteiger partial charge in [0.05, 0.1) is 17.7 Å². The number of hydrogen-bond acceptors (Lipinski definition) is 5. The third-order valence-electron chi connectivity index (χ3n) is 4.80. The zero-order chi connectivity index (χ0) is 26.5. The first-order valence-corrected chi connectivity index (χ1v) is 13.3. The van der Waals surface area contributed by atoms with E-state index in [0.29, 0.717) is 27.5 Å². The van der Waals surface area contributed by atoms with Crippen molar-refractivity contribution in [2.75, 3.05) is 22.4 Å². The number of amides is 2. The van der Waals surface area contributed by atoms with Crippen LogP contribution in [0.4, 0.5) is 11.4 Å². The van der Waals surface area contributed by atoms with Crippen LogP contribution in [0.15, 0.2) is 71.8 Å². The number of hydrogen-bond donors (Lipinski definition) is 2. The number of hydrazone groups is 1. The molecule has 0 aliphatic heterocycles. The van der Waals surface area contributed by atoms with E-state index in [1.807, 2.05) is 0 Å². The molecule has 0 aliphatic carbocycles. The fraction of sp³-hybridized carbons (Fsp3) is 0.125. The van der Waals surface area contributed by atoms with Crippen molar-refractivity contribution in [3.63, 3.8) is 0 Å². The Balaban J connectivity index is 1.71. The lowest BCUT2D eigenvalue weighted by atomic mass is 10.1. The number of benzene rings is 3. The molecule has 3 rings (SSSR count). The first-order chi connectivity index (χ1) is 16.9. The van der Waals surface area contributed by atoms with Crippen LogP contribution in [0.3, 0.4) is 0 Å². The van der Waals surface area contributed by atoms with Gasteiger partial charge >= 0.3 is 0 Å². The maximum atomic E-state index is 12.5. The zero-order valence-corrected chi connectivity index (χ0v) is 22.2. The van der Waals surface area contributed by atoms with Gasteiger partial charge in [0.15, 0.2) is 0 Å². The standard InChI is InChI=1S/C24H21Cl3N4O4S/c1-15(16-5-4-8-21(10-16)28-24(33)17-6-3-7-18(25)9-17)29-30-23(32)14-31(36(2,34)35)22-12-19(26)11-20(27)13-22/h3-13H,14H2,1-2H3,(H,28,33)(H,30,32)/b29-15-. The smallest absolute Gasteiger partial charge is 0.260 e. The predicted octanol–water partition coefficient (Wildman–Crippen LogP) is 5.21. The molecule has 0 aromatic heterocycles. The number of carbonyl (C=O) groups excluding carboxylic acids is 2.